The third-order valence-corrected chi connectivity index (χ3v) is 3.03. The van der Waals surface area contributed by atoms with Crippen LogP contribution in [0.25, 0.3) is 0 Å². The van der Waals surface area contributed by atoms with E-state index >= 15 is 0 Å². The lowest BCUT2D eigenvalue weighted by Crippen LogP contribution is -2.33. The molecule has 0 spiro atoms. The van der Waals surface area contributed by atoms with Crippen LogP contribution in [0, 0.1) is 0 Å². The van der Waals surface area contributed by atoms with Gasteiger partial charge in [0.15, 0.2) is 0 Å². The molecule has 4 heteroatoms. The average Bonchev–Trinajstić information content (AvgIpc) is 2.52. The molecule has 0 radical (unpaired) electrons. The second kappa shape index (κ2) is 7.62. The molecule has 0 fully saturated rings. The van der Waals surface area contributed by atoms with Crippen LogP contribution < -0.4 is 10.1 Å². The van der Waals surface area contributed by atoms with E-state index in [0.29, 0.717) is 6.54 Å². The van der Waals surface area contributed by atoms with Crippen molar-refractivity contribution in [2.45, 2.75) is 19.1 Å². The highest BCUT2D eigenvalue weighted by Crippen LogP contribution is 2.10. The Labute approximate surface area is 119 Å². The van der Waals surface area contributed by atoms with Gasteiger partial charge in [0.1, 0.15) is 18.5 Å². The van der Waals surface area contributed by atoms with Gasteiger partial charge in [0.05, 0.1) is 0 Å². The van der Waals surface area contributed by atoms with Crippen molar-refractivity contribution in [2.24, 2.45) is 0 Å². The van der Waals surface area contributed by atoms with Gasteiger partial charge in [-0.25, -0.2) is 0 Å². The number of aromatic nitrogens is 1. The molecule has 106 valence electrons. The molecule has 1 heterocycles. The second-order valence-electron chi connectivity index (χ2n) is 4.69. The fourth-order valence-electron chi connectivity index (χ4n) is 1.83. The topological polar surface area (TPSA) is 54.4 Å². The minimum atomic E-state index is -0.547. The molecule has 0 aliphatic heterocycles. The lowest BCUT2D eigenvalue weighted by molar-refractivity contribution is 0.104. The van der Waals surface area contributed by atoms with Gasteiger partial charge in [0.25, 0.3) is 0 Å². The third-order valence-electron chi connectivity index (χ3n) is 3.03. The monoisotopic (exact) mass is 272 g/mol. The molecular weight excluding hydrogens is 252 g/mol. The molecule has 0 aliphatic carbocycles. The van der Waals surface area contributed by atoms with Gasteiger partial charge in [-0.3, -0.25) is 4.98 Å². The normalized spacial score (nSPS) is 13.7. The first-order valence-corrected chi connectivity index (χ1v) is 6.75. The van der Waals surface area contributed by atoms with E-state index < -0.39 is 6.10 Å². The molecule has 0 aliphatic rings. The Bertz CT molecular complexity index is 490. The fraction of sp³-hybridized carbons (Fsp3) is 0.312. The number of nitrogens with zero attached hydrogens (tertiary/aromatic N) is 1. The van der Waals surface area contributed by atoms with Crippen molar-refractivity contribution in [1.82, 2.24) is 10.3 Å². The maximum Gasteiger partial charge on any atom is 0.119 e. The average molecular weight is 272 g/mol. The Morgan fingerprint density at radius 2 is 2.00 bits per heavy atom. The molecule has 2 N–H and O–H groups in total. The van der Waals surface area contributed by atoms with Gasteiger partial charge < -0.3 is 15.2 Å². The molecule has 20 heavy (non-hydrogen) atoms. The highest BCUT2D eigenvalue weighted by Gasteiger charge is 2.09. The SMILES string of the molecule is CC(NCC(O)COc1ccccc1)c1cccnc1. The van der Waals surface area contributed by atoms with Gasteiger partial charge in [-0.15, -0.1) is 0 Å². The van der Waals surface area contributed by atoms with E-state index in [1.54, 1.807) is 6.20 Å². The van der Waals surface area contributed by atoms with E-state index in [1.165, 1.54) is 0 Å². The van der Waals surface area contributed by atoms with Gasteiger partial charge in [-0.2, -0.15) is 0 Å². The van der Waals surface area contributed by atoms with Crippen LogP contribution in [-0.4, -0.2) is 29.3 Å². The van der Waals surface area contributed by atoms with Crippen molar-refractivity contribution in [3.05, 3.63) is 60.4 Å². The van der Waals surface area contributed by atoms with Crippen LogP contribution in [0.2, 0.25) is 0 Å². The summed E-state index contributed by atoms with van der Waals surface area (Å²) in [6.07, 6.45) is 3.03. The predicted molar refractivity (Wildman–Crippen MR) is 78.6 cm³/mol. The first kappa shape index (κ1) is 14.5. The number of pyridine rings is 1. The zero-order chi connectivity index (χ0) is 14.2. The van der Waals surface area contributed by atoms with Crippen molar-refractivity contribution in [1.29, 1.82) is 0 Å². The van der Waals surface area contributed by atoms with E-state index in [1.807, 2.05) is 55.6 Å². The number of hydrogen-bond donors (Lipinski definition) is 2. The minimum Gasteiger partial charge on any atom is -0.491 e. The number of ether oxygens (including phenoxy) is 1. The molecule has 2 atom stereocenters. The summed E-state index contributed by atoms with van der Waals surface area (Å²) >= 11 is 0. The summed E-state index contributed by atoms with van der Waals surface area (Å²) in [4.78, 5) is 4.08. The van der Waals surface area contributed by atoms with E-state index in [9.17, 15) is 5.11 Å². The number of para-hydroxylation sites is 1. The zero-order valence-electron chi connectivity index (χ0n) is 11.6. The Morgan fingerprint density at radius 3 is 2.70 bits per heavy atom. The Hall–Kier alpha value is -1.91. The Kier molecular flexibility index (Phi) is 5.53. The molecular formula is C16H20N2O2. The lowest BCUT2D eigenvalue weighted by atomic mass is 10.1. The second-order valence-corrected chi connectivity index (χ2v) is 4.69. The van der Waals surface area contributed by atoms with Crippen LogP contribution in [0.3, 0.4) is 0 Å². The van der Waals surface area contributed by atoms with E-state index in [0.717, 1.165) is 11.3 Å². The number of aliphatic hydroxyl groups is 1. The van der Waals surface area contributed by atoms with Crippen molar-refractivity contribution in [3.8, 4) is 5.75 Å². The lowest BCUT2D eigenvalue weighted by Gasteiger charge is -2.17. The maximum atomic E-state index is 9.90. The molecule has 2 unspecified atom stereocenters. The van der Waals surface area contributed by atoms with E-state index in [4.69, 9.17) is 4.74 Å². The number of benzene rings is 1. The largest absolute Gasteiger partial charge is 0.491 e. The van der Waals surface area contributed by atoms with Gasteiger partial charge >= 0.3 is 0 Å². The molecule has 1 aromatic heterocycles. The smallest absolute Gasteiger partial charge is 0.119 e. The first-order chi connectivity index (χ1) is 9.75. The Morgan fingerprint density at radius 1 is 1.20 bits per heavy atom. The third kappa shape index (κ3) is 4.64. The Balaban J connectivity index is 1.71. The molecule has 2 aromatic rings. The highest BCUT2D eigenvalue weighted by atomic mass is 16.5. The van der Waals surface area contributed by atoms with Gasteiger partial charge in [-0.05, 0) is 30.7 Å². The molecule has 2 rings (SSSR count). The summed E-state index contributed by atoms with van der Waals surface area (Å²) in [6.45, 7) is 2.79. The standard InChI is InChI=1S/C16H20N2O2/c1-13(14-6-5-9-17-10-14)18-11-15(19)12-20-16-7-3-2-4-8-16/h2-10,13,15,18-19H,11-12H2,1H3. The maximum absolute atomic E-state index is 9.90. The summed E-state index contributed by atoms with van der Waals surface area (Å²) in [6, 6.07) is 13.6. The number of rotatable bonds is 7. The quantitative estimate of drug-likeness (QED) is 0.811. The first-order valence-electron chi connectivity index (χ1n) is 6.75. The summed E-state index contributed by atoms with van der Waals surface area (Å²) < 4.78 is 5.50. The molecule has 0 saturated carbocycles. The summed E-state index contributed by atoms with van der Waals surface area (Å²) in [5, 5.41) is 13.2. The van der Waals surface area contributed by atoms with Crippen molar-refractivity contribution in [3.63, 3.8) is 0 Å². The summed E-state index contributed by atoms with van der Waals surface area (Å²) in [5.41, 5.74) is 1.10. The van der Waals surface area contributed by atoms with Crippen molar-refractivity contribution >= 4 is 0 Å². The van der Waals surface area contributed by atoms with Crippen LogP contribution in [0.5, 0.6) is 5.75 Å². The molecule has 0 amide bonds. The number of nitrogens with one attached hydrogen (secondary N) is 1. The minimum absolute atomic E-state index is 0.148. The summed E-state index contributed by atoms with van der Waals surface area (Å²) in [5.74, 6) is 0.770. The van der Waals surface area contributed by atoms with Crippen LogP contribution in [0.4, 0.5) is 0 Å². The van der Waals surface area contributed by atoms with Crippen LogP contribution in [0.1, 0.15) is 18.5 Å². The van der Waals surface area contributed by atoms with Crippen molar-refractivity contribution in [2.75, 3.05) is 13.2 Å². The number of hydrogen-bond acceptors (Lipinski definition) is 4. The van der Waals surface area contributed by atoms with E-state index in [2.05, 4.69) is 10.3 Å². The fourth-order valence-corrected chi connectivity index (χ4v) is 1.83. The molecule has 0 bridgehead atoms. The molecule has 0 saturated heterocycles. The molecule has 4 nitrogen and oxygen atoms in total. The van der Waals surface area contributed by atoms with Gasteiger partial charge in [0, 0.05) is 25.0 Å². The van der Waals surface area contributed by atoms with Crippen molar-refractivity contribution < 1.29 is 9.84 Å². The van der Waals surface area contributed by atoms with Crippen LogP contribution >= 0.6 is 0 Å². The number of aliphatic hydroxyl groups excluding tert-OH is 1. The van der Waals surface area contributed by atoms with Crippen LogP contribution in [-0.2, 0) is 0 Å². The van der Waals surface area contributed by atoms with Gasteiger partial charge in [0.2, 0.25) is 0 Å². The predicted octanol–water partition coefficient (Wildman–Crippen LogP) is 2.17. The van der Waals surface area contributed by atoms with E-state index in [-0.39, 0.29) is 12.6 Å². The highest BCUT2D eigenvalue weighted by molar-refractivity contribution is 5.20. The molecule has 1 aromatic carbocycles. The summed E-state index contributed by atoms with van der Waals surface area (Å²) in [7, 11) is 0. The zero-order valence-corrected chi connectivity index (χ0v) is 11.6. The van der Waals surface area contributed by atoms with Gasteiger partial charge in [-0.1, -0.05) is 24.3 Å². The van der Waals surface area contributed by atoms with Crippen LogP contribution in [0.15, 0.2) is 54.9 Å².